The van der Waals surface area contributed by atoms with Crippen molar-refractivity contribution in [2.24, 2.45) is 11.8 Å². The molecule has 0 radical (unpaired) electrons. The van der Waals surface area contributed by atoms with Gasteiger partial charge >= 0.3 is 17.9 Å². The molecule has 0 aliphatic heterocycles. The van der Waals surface area contributed by atoms with Crippen molar-refractivity contribution in [3.8, 4) is 0 Å². The average Bonchev–Trinajstić information content (AvgIpc) is 3.18. The van der Waals surface area contributed by atoms with E-state index in [9.17, 15) is 14.4 Å². The highest BCUT2D eigenvalue weighted by Crippen LogP contribution is 2.17. The third kappa shape index (κ3) is 42.0. The van der Waals surface area contributed by atoms with E-state index in [0.29, 0.717) is 19.3 Å². The van der Waals surface area contributed by atoms with Gasteiger partial charge in [0.15, 0.2) is 6.10 Å². The Hall–Kier alpha value is -1.59. The van der Waals surface area contributed by atoms with E-state index in [2.05, 4.69) is 34.6 Å². The van der Waals surface area contributed by atoms with E-state index >= 15 is 0 Å². The Bertz CT molecular complexity index is 856. The lowest BCUT2D eigenvalue weighted by atomic mass is 10.00. The molecule has 6 heteroatoms. The summed E-state index contributed by atoms with van der Waals surface area (Å²) in [7, 11) is 0. The molecule has 0 aromatic heterocycles. The Morgan fingerprint density at radius 1 is 0.375 bits per heavy atom. The van der Waals surface area contributed by atoms with Crippen molar-refractivity contribution in [3.63, 3.8) is 0 Å². The molecule has 0 fully saturated rings. The minimum absolute atomic E-state index is 0.0647. The van der Waals surface area contributed by atoms with Gasteiger partial charge in [0.2, 0.25) is 0 Å². The van der Waals surface area contributed by atoms with Gasteiger partial charge in [0.1, 0.15) is 13.2 Å². The summed E-state index contributed by atoms with van der Waals surface area (Å²) in [6.45, 7) is 11.3. The molecule has 56 heavy (non-hydrogen) atoms. The second-order valence-corrected chi connectivity index (χ2v) is 17.8. The first-order valence-corrected chi connectivity index (χ1v) is 24.8. The van der Waals surface area contributed by atoms with Gasteiger partial charge in [-0.3, -0.25) is 14.4 Å². The zero-order valence-electron chi connectivity index (χ0n) is 38.3. The summed E-state index contributed by atoms with van der Waals surface area (Å²) >= 11 is 0. The number of esters is 3. The molecular weight excluding hydrogens is 697 g/mol. The lowest BCUT2D eigenvalue weighted by Crippen LogP contribution is -2.30. The maximum atomic E-state index is 12.7. The third-order valence-corrected chi connectivity index (χ3v) is 11.6. The lowest BCUT2D eigenvalue weighted by molar-refractivity contribution is -0.167. The molecule has 0 aromatic carbocycles. The first-order valence-electron chi connectivity index (χ1n) is 24.8. The molecular formula is C50H96O6. The molecule has 0 aliphatic carbocycles. The largest absolute Gasteiger partial charge is 0.462 e. The van der Waals surface area contributed by atoms with Crippen LogP contribution >= 0.6 is 0 Å². The molecule has 0 N–H and O–H groups in total. The van der Waals surface area contributed by atoms with Gasteiger partial charge in [-0.2, -0.15) is 0 Å². The zero-order valence-corrected chi connectivity index (χ0v) is 38.3. The van der Waals surface area contributed by atoms with Crippen LogP contribution in [0.1, 0.15) is 272 Å². The fraction of sp³-hybridized carbons (Fsp3) is 0.940. The standard InChI is InChI=1S/C50H96O6/c1-6-8-9-10-11-12-13-14-19-22-25-32-37-42-50(53)56-47(44-55-49(52)41-36-31-27-26-29-34-39-46(5)7-2)43-54-48(51)40-35-30-24-21-18-16-15-17-20-23-28-33-38-45(3)4/h45-47H,6-44H2,1-5H3/t46?,47-/m0/s1. The normalized spacial score (nSPS) is 12.5. The van der Waals surface area contributed by atoms with E-state index in [-0.39, 0.29) is 31.1 Å². The molecule has 1 unspecified atom stereocenters. The maximum Gasteiger partial charge on any atom is 0.306 e. The van der Waals surface area contributed by atoms with Gasteiger partial charge in [-0.05, 0) is 31.1 Å². The van der Waals surface area contributed by atoms with Crippen LogP contribution in [0.15, 0.2) is 0 Å². The SMILES string of the molecule is CCCCCCCCCCCCCCCC(=O)O[C@@H](COC(=O)CCCCCCCCCCCCCCC(C)C)COC(=O)CCCCCCCCC(C)CC. The van der Waals surface area contributed by atoms with E-state index < -0.39 is 6.10 Å². The van der Waals surface area contributed by atoms with E-state index in [4.69, 9.17) is 14.2 Å². The summed E-state index contributed by atoms with van der Waals surface area (Å²) in [5, 5.41) is 0. The van der Waals surface area contributed by atoms with Crippen LogP contribution in [0.25, 0.3) is 0 Å². The van der Waals surface area contributed by atoms with Gasteiger partial charge in [0.25, 0.3) is 0 Å². The second kappa shape index (κ2) is 43.0. The van der Waals surface area contributed by atoms with Crippen molar-refractivity contribution in [1.82, 2.24) is 0 Å². The van der Waals surface area contributed by atoms with Crippen LogP contribution in [0.5, 0.6) is 0 Å². The summed E-state index contributed by atoms with van der Waals surface area (Å²) < 4.78 is 16.8. The Kier molecular flexibility index (Phi) is 41.8. The number of hydrogen-bond acceptors (Lipinski definition) is 6. The van der Waals surface area contributed by atoms with E-state index in [1.54, 1.807) is 0 Å². The molecule has 0 bridgehead atoms. The second-order valence-electron chi connectivity index (χ2n) is 17.8. The Morgan fingerprint density at radius 2 is 0.679 bits per heavy atom. The molecule has 0 saturated carbocycles. The molecule has 0 saturated heterocycles. The van der Waals surface area contributed by atoms with E-state index in [1.807, 2.05) is 0 Å². The van der Waals surface area contributed by atoms with E-state index in [0.717, 1.165) is 69.6 Å². The van der Waals surface area contributed by atoms with Crippen LogP contribution in [0.2, 0.25) is 0 Å². The minimum atomic E-state index is -0.761. The van der Waals surface area contributed by atoms with Gasteiger partial charge in [-0.25, -0.2) is 0 Å². The fourth-order valence-corrected chi connectivity index (χ4v) is 7.43. The zero-order chi connectivity index (χ0) is 41.2. The number of unbranched alkanes of at least 4 members (excludes halogenated alkanes) is 28. The van der Waals surface area contributed by atoms with Crippen molar-refractivity contribution in [2.45, 2.75) is 278 Å². The maximum absolute atomic E-state index is 12.7. The molecule has 2 atom stereocenters. The van der Waals surface area contributed by atoms with Crippen LogP contribution in [-0.2, 0) is 28.6 Å². The van der Waals surface area contributed by atoms with Gasteiger partial charge in [0, 0.05) is 19.3 Å². The van der Waals surface area contributed by atoms with Gasteiger partial charge in [0.05, 0.1) is 0 Å². The molecule has 0 heterocycles. The van der Waals surface area contributed by atoms with Crippen molar-refractivity contribution >= 4 is 17.9 Å². The molecule has 6 nitrogen and oxygen atoms in total. The highest BCUT2D eigenvalue weighted by atomic mass is 16.6. The summed E-state index contributed by atoms with van der Waals surface area (Å²) in [5.74, 6) is 0.794. The van der Waals surface area contributed by atoms with Crippen molar-refractivity contribution < 1.29 is 28.6 Å². The Morgan fingerprint density at radius 3 is 1.02 bits per heavy atom. The number of rotatable bonds is 44. The topological polar surface area (TPSA) is 78.9 Å². The quantitative estimate of drug-likeness (QED) is 0.0347. The van der Waals surface area contributed by atoms with Gasteiger partial charge in [-0.15, -0.1) is 0 Å². The summed E-state index contributed by atoms with van der Waals surface area (Å²) in [4.78, 5) is 37.8. The molecule has 0 spiro atoms. The van der Waals surface area contributed by atoms with Gasteiger partial charge in [-0.1, -0.05) is 234 Å². The average molecular weight is 793 g/mol. The molecule has 0 aliphatic rings. The number of ether oxygens (including phenoxy) is 3. The highest BCUT2D eigenvalue weighted by Gasteiger charge is 2.19. The van der Waals surface area contributed by atoms with Crippen LogP contribution in [0, 0.1) is 11.8 Å². The summed E-state index contributed by atoms with van der Waals surface area (Å²) in [6, 6.07) is 0. The molecule has 0 rings (SSSR count). The van der Waals surface area contributed by atoms with Gasteiger partial charge < -0.3 is 14.2 Å². The summed E-state index contributed by atoms with van der Waals surface area (Å²) in [5.41, 5.74) is 0. The van der Waals surface area contributed by atoms with Crippen LogP contribution in [0.3, 0.4) is 0 Å². The number of carbonyl (C=O) groups excluding carboxylic acids is 3. The first kappa shape index (κ1) is 54.4. The van der Waals surface area contributed by atoms with Crippen LogP contribution < -0.4 is 0 Å². The minimum Gasteiger partial charge on any atom is -0.462 e. The Balaban J connectivity index is 4.31. The highest BCUT2D eigenvalue weighted by molar-refractivity contribution is 5.71. The fourth-order valence-electron chi connectivity index (χ4n) is 7.43. The number of hydrogen-bond donors (Lipinski definition) is 0. The third-order valence-electron chi connectivity index (χ3n) is 11.6. The molecule has 0 amide bonds. The van der Waals surface area contributed by atoms with Crippen molar-refractivity contribution in [2.75, 3.05) is 13.2 Å². The monoisotopic (exact) mass is 793 g/mol. The molecule has 332 valence electrons. The first-order chi connectivity index (χ1) is 27.3. The number of carbonyl (C=O) groups is 3. The summed E-state index contributed by atoms with van der Waals surface area (Å²) in [6.07, 6.45) is 42.3. The predicted molar refractivity (Wildman–Crippen MR) is 238 cm³/mol. The predicted octanol–water partition coefficient (Wildman–Crippen LogP) is 15.8. The van der Waals surface area contributed by atoms with Crippen molar-refractivity contribution in [3.05, 3.63) is 0 Å². The van der Waals surface area contributed by atoms with Crippen LogP contribution in [0.4, 0.5) is 0 Å². The van der Waals surface area contributed by atoms with Crippen molar-refractivity contribution in [1.29, 1.82) is 0 Å². The smallest absolute Gasteiger partial charge is 0.306 e. The Labute approximate surface area is 348 Å². The molecule has 0 aromatic rings. The van der Waals surface area contributed by atoms with Crippen LogP contribution in [-0.4, -0.2) is 37.2 Å². The van der Waals surface area contributed by atoms with E-state index in [1.165, 1.54) is 161 Å². The lowest BCUT2D eigenvalue weighted by Gasteiger charge is -2.18.